The first-order chi connectivity index (χ1) is 13.9. The van der Waals surface area contributed by atoms with E-state index in [-0.39, 0.29) is 12.3 Å². The molecule has 0 radical (unpaired) electrons. The van der Waals surface area contributed by atoms with Gasteiger partial charge in [-0.15, -0.1) is 0 Å². The molecule has 3 amide bonds. The fourth-order valence-electron chi connectivity index (χ4n) is 2.40. The van der Waals surface area contributed by atoms with Crippen LogP contribution >= 0.6 is 11.8 Å². The summed E-state index contributed by atoms with van der Waals surface area (Å²) in [6, 6.07) is -4.49. The number of carboxylic acid groups (broad SMARTS) is 2. The molecule has 0 fully saturated rings. The number of carbonyl (C=O) groups is 5. The van der Waals surface area contributed by atoms with Crippen LogP contribution in [0.3, 0.4) is 0 Å². The first kappa shape index (κ1) is 27.7. The lowest BCUT2D eigenvalue weighted by atomic mass is 9.97. The topological polar surface area (TPSA) is 188 Å². The van der Waals surface area contributed by atoms with Gasteiger partial charge in [-0.3, -0.25) is 19.2 Å². The second-order valence-electron chi connectivity index (χ2n) is 6.99. The molecule has 0 bridgehead atoms. The summed E-state index contributed by atoms with van der Waals surface area (Å²) >= 11 is 1.45. The first-order valence-corrected chi connectivity index (χ1v) is 10.9. The molecule has 5 atom stereocenters. The molecule has 0 heterocycles. The van der Waals surface area contributed by atoms with Crippen molar-refractivity contribution in [3.8, 4) is 0 Å². The van der Waals surface area contributed by atoms with E-state index >= 15 is 0 Å². The van der Waals surface area contributed by atoms with E-state index < -0.39 is 60.2 Å². The van der Waals surface area contributed by atoms with Crippen LogP contribution in [0.1, 0.15) is 40.0 Å². The average molecular weight is 449 g/mol. The molecular weight excluding hydrogens is 416 g/mol. The minimum atomic E-state index is -1.32. The average Bonchev–Trinajstić information content (AvgIpc) is 2.67. The van der Waals surface area contributed by atoms with Gasteiger partial charge in [-0.2, -0.15) is 11.8 Å². The predicted molar refractivity (Wildman–Crippen MR) is 112 cm³/mol. The third kappa shape index (κ3) is 9.92. The first-order valence-electron chi connectivity index (χ1n) is 9.54. The molecule has 0 aliphatic carbocycles. The lowest BCUT2D eigenvalue weighted by Gasteiger charge is -2.27. The largest absolute Gasteiger partial charge is 0.481 e. The number of amides is 3. The van der Waals surface area contributed by atoms with Crippen molar-refractivity contribution >= 4 is 41.4 Å². The third-order valence-electron chi connectivity index (χ3n) is 4.50. The maximum Gasteiger partial charge on any atom is 0.326 e. The molecule has 0 aliphatic heterocycles. The van der Waals surface area contributed by atoms with Crippen molar-refractivity contribution in [1.82, 2.24) is 16.0 Å². The highest BCUT2D eigenvalue weighted by molar-refractivity contribution is 7.98. The van der Waals surface area contributed by atoms with E-state index in [4.69, 9.17) is 10.8 Å². The Morgan fingerprint density at radius 1 is 0.967 bits per heavy atom. The summed E-state index contributed by atoms with van der Waals surface area (Å²) in [6.07, 6.45) is 1.99. The normalized spacial score (nSPS) is 15.8. The molecule has 0 aromatic carbocycles. The molecule has 0 aromatic rings. The van der Waals surface area contributed by atoms with E-state index in [0.717, 1.165) is 0 Å². The van der Waals surface area contributed by atoms with Crippen LogP contribution in [0.5, 0.6) is 0 Å². The van der Waals surface area contributed by atoms with Crippen LogP contribution in [-0.2, 0) is 24.0 Å². The highest BCUT2D eigenvalue weighted by atomic mass is 32.2. The molecular formula is C18H32N4O7S. The van der Waals surface area contributed by atoms with E-state index in [0.29, 0.717) is 12.2 Å². The van der Waals surface area contributed by atoms with Crippen LogP contribution in [0.2, 0.25) is 0 Å². The zero-order valence-electron chi connectivity index (χ0n) is 17.6. The Kier molecular flexibility index (Phi) is 12.7. The van der Waals surface area contributed by atoms with Crippen molar-refractivity contribution in [2.75, 3.05) is 12.0 Å². The number of nitrogens with one attached hydrogen (secondary N) is 3. The molecule has 0 rings (SSSR count). The number of nitrogens with two attached hydrogens (primary N) is 1. The number of hydrogen-bond donors (Lipinski definition) is 6. The molecule has 0 spiro atoms. The van der Waals surface area contributed by atoms with E-state index in [1.807, 2.05) is 13.2 Å². The molecule has 0 aliphatic rings. The fraction of sp³-hybridized carbons (Fsp3) is 0.722. The summed E-state index contributed by atoms with van der Waals surface area (Å²) in [6.45, 7) is 4.91. The lowest BCUT2D eigenvalue weighted by Crippen LogP contribution is -2.58. The van der Waals surface area contributed by atoms with Crippen molar-refractivity contribution in [3.63, 3.8) is 0 Å². The zero-order chi connectivity index (χ0) is 23.4. The monoisotopic (exact) mass is 448 g/mol. The SMILES string of the molecule is CCC(C)C(NC(=O)C(C)NC(=O)C(N)CC(=O)O)C(=O)NC(CCSC)C(=O)O. The molecule has 0 aromatic heterocycles. The molecule has 30 heavy (non-hydrogen) atoms. The maximum atomic E-state index is 12.7. The fourth-order valence-corrected chi connectivity index (χ4v) is 2.87. The van der Waals surface area contributed by atoms with Crippen LogP contribution in [0.15, 0.2) is 0 Å². The van der Waals surface area contributed by atoms with Gasteiger partial charge >= 0.3 is 11.9 Å². The minimum Gasteiger partial charge on any atom is -0.481 e. The predicted octanol–water partition coefficient (Wildman–Crippen LogP) is -0.853. The van der Waals surface area contributed by atoms with Gasteiger partial charge in [0.05, 0.1) is 12.5 Å². The summed E-state index contributed by atoms with van der Waals surface area (Å²) in [7, 11) is 0. The summed E-state index contributed by atoms with van der Waals surface area (Å²) in [5.41, 5.74) is 5.46. The zero-order valence-corrected chi connectivity index (χ0v) is 18.5. The Labute approximate surface area is 179 Å². The Bertz CT molecular complexity index is 632. The number of rotatable bonds is 14. The summed E-state index contributed by atoms with van der Waals surface area (Å²) in [5, 5.41) is 25.3. The third-order valence-corrected chi connectivity index (χ3v) is 5.15. The van der Waals surface area contributed by atoms with Crippen molar-refractivity contribution in [3.05, 3.63) is 0 Å². The van der Waals surface area contributed by atoms with Crippen LogP contribution in [0.25, 0.3) is 0 Å². The van der Waals surface area contributed by atoms with Crippen molar-refractivity contribution in [1.29, 1.82) is 0 Å². The van der Waals surface area contributed by atoms with Crippen LogP contribution in [0.4, 0.5) is 0 Å². The molecule has 172 valence electrons. The van der Waals surface area contributed by atoms with Crippen molar-refractivity contribution in [2.24, 2.45) is 11.7 Å². The van der Waals surface area contributed by atoms with Gasteiger partial charge in [-0.25, -0.2) is 4.79 Å². The van der Waals surface area contributed by atoms with Crippen molar-refractivity contribution in [2.45, 2.75) is 64.2 Å². The second kappa shape index (κ2) is 13.8. The van der Waals surface area contributed by atoms with Crippen LogP contribution in [0, 0.1) is 5.92 Å². The van der Waals surface area contributed by atoms with Crippen molar-refractivity contribution < 1.29 is 34.2 Å². The summed E-state index contributed by atoms with van der Waals surface area (Å²) in [5.74, 6) is -4.31. The number of aliphatic carboxylic acids is 2. The van der Waals surface area contributed by atoms with Gasteiger partial charge in [-0.1, -0.05) is 20.3 Å². The summed E-state index contributed by atoms with van der Waals surface area (Å²) < 4.78 is 0. The van der Waals surface area contributed by atoms with E-state index in [1.165, 1.54) is 18.7 Å². The summed E-state index contributed by atoms with van der Waals surface area (Å²) in [4.78, 5) is 59.0. The second-order valence-corrected chi connectivity index (χ2v) is 7.97. The van der Waals surface area contributed by atoms with Gasteiger partial charge in [0.25, 0.3) is 0 Å². The Hall–Kier alpha value is -2.34. The number of thioether (sulfide) groups is 1. The van der Waals surface area contributed by atoms with E-state index in [9.17, 15) is 29.1 Å². The van der Waals surface area contributed by atoms with E-state index in [2.05, 4.69) is 16.0 Å². The quantitative estimate of drug-likeness (QED) is 0.197. The highest BCUT2D eigenvalue weighted by Gasteiger charge is 2.31. The van der Waals surface area contributed by atoms with Gasteiger partial charge in [-0.05, 0) is 31.3 Å². The number of hydrogen-bond acceptors (Lipinski definition) is 7. The molecule has 11 nitrogen and oxygen atoms in total. The molecule has 0 saturated carbocycles. The van der Waals surface area contributed by atoms with Gasteiger partial charge in [0.15, 0.2) is 0 Å². The van der Waals surface area contributed by atoms with Gasteiger partial charge in [0.1, 0.15) is 18.1 Å². The van der Waals surface area contributed by atoms with Gasteiger partial charge in [0.2, 0.25) is 17.7 Å². The maximum absolute atomic E-state index is 12.7. The standard InChI is InChI=1S/C18H32N4O7S/c1-5-9(2)14(17(27)21-12(18(28)29)6-7-30-4)22-15(25)10(3)20-16(26)11(19)8-13(23)24/h9-12,14H,5-8,19H2,1-4H3,(H,20,26)(H,21,27)(H,22,25)(H,23,24)(H,28,29). The highest BCUT2D eigenvalue weighted by Crippen LogP contribution is 2.10. The Balaban J connectivity index is 5.12. The Morgan fingerprint density at radius 3 is 2.03 bits per heavy atom. The molecule has 5 unspecified atom stereocenters. The minimum absolute atomic E-state index is 0.233. The molecule has 7 N–H and O–H groups in total. The number of carbonyl (C=O) groups excluding carboxylic acids is 3. The van der Waals surface area contributed by atoms with Crippen LogP contribution in [-0.4, -0.2) is 76.0 Å². The molecule has 12 heteroatoms. The van der Waals surface area contributed by atoms with Gasteiger partial charge < -0.3 is 31.9 Å². The number of carboxylic acids is 2. The van der Waals surface area contributed by atoms with Gasteiger partial charge in [0, 0.05) is 0 Å². The van der Waals surface area contributed by atoms with Crippen LogP contribution < -0.4 is 21.7 Å². The van der Waals surface area contributed by atoms with E-state index in [1.54, 1.807) is 6.92 Å². The Morgan fingerprint density at radius 2 is 1.57 bits per heavy atom. The smallest absolute Gasteiger partial charge is 0.326 e. The lowest BCUT2D eigenvalue weighted by molar-refractivity contribution is -0.142. The molecule has 0 saturated heterocycles.